The van der Waals surface area contributed by atoms with E-state index in [4.69, 9.17) is 17.3 Å². The van der Waals surface area contributed by atoms with Gasteiger partial charge in [0.1, 0.15) is 0 Å². The number of anilines is 1. The van der Waals surface area contributed by atoms with Crippen molar-refractivity contribution in [1.82, 2.24) is 0 Å². The maximum atomic E-state index is 5.94. The van der Waals surface area contributed by atoms with Crippen LogP contribution in [0.2, 0.25) is 5.02 Å². The molecule has 1 fully saturated rings. The maximum Gasteiger partial charge on any atom is 0.0411 e. The van der Waals surface area contributed by atoms with Crippen molar-refractivity contribution in [2.45, 2.75) is 44.6 Å². The molecule has 1 aromatic carbocycles. The lowest BCUT2D eigenvalue weighted by Crippen LogP contribution is -2.36. The molecule has 1 atom stereocenters. The van der Waals surface area contributed by atoms with Crippen LogP contribution < -0.4 is 11.1 Å². The van der Waals surface area contributed by atoms with E-state index < -0.39 is 0 Å². The van der Waals surface area contributed by atoms with Gasteiger partial charge in [-0.3, -0.25) is 0 Å². The minimum Gasteiger partial charge on any atom is -0.381 e. The Morgan fingerprint density at radius 3 is 2.28 bits per heavy atom. The van der Waals surface area contributed by atoms with E-state index >= 15 is 0 Å². The molecule has 1 unspecified atom stereocenters. The van der Waals surface area contributed by atoms with Crippen LogP contribution in [0.1, 0.15) is 38.5 Å². The highest BCUT2D eigenvalue weighted by atomic mass is 35.5. The second kappa shape index (κ2) is 7.01. The predicted octanol–water partition coefficient (Wildman–Crippen LogP) is 4.05. The molecule has 100 valence electrons. The molecule has 0 aromatic heterocycles. The monoisotopic (exact) mass is 266 g/mol. The molecule has 1 saturated carbocycles. The third-order valence-corrected chi connectivity index (χ3v) is 4.17. The summed E-state index contributed by atoms with van der Waals surface area (Å²) in [6.07, 6.45) is 8.08. The van der Waals surface area contributed by atoms with Gasteiger partial charge in [0.2, 0.25) is 0 Å². The summed E-state index contributed by atoms with van der Waals surface area (Å²) in [4.78, 5) is 0. The van der Waals surface area contributed by atoms with Gasteiger partial charge in [-0.25, -0.2) is 0 Å². The van der Waals surface area contributed by atoms with E-state index in [0.717, 1.165) is 10.7 Å². The molecule has 2 rings (SSSR count). The number of nitrogens with one attached hydrogen (secondary N) is 1. The van der Waals surface area contributed by atoms with Gasteiger partial charge in [-0.1, -0.05) is 37.3 Å². The Labute approximate surface area is 115 Å². The summed E-state index contributed by atoms with van der Waals surface area (Å²) in [7, 11) is 0. The first-order valence-electron chi connectivity index (χ1n) is 7.02. The first-order valence-corrected chi connectivity index (χ1v) is 7.39. The van der Waals surface area contributed by atoms with Crippen molar-refractivity contribution in [3.8, 4) is 0 Å². The zero-order chi connectivity index (χ0) is 12.8. The molecule has 0 saturated heterocycles. The van der Waals surface area contributed by atoms with Gasteiger partial charge in [-0.05, 0) is 43.0 Å². The minimum absolute atomic E-state index is 0.393. The molecule has 0 heterocycles. The van der Waals surface area contributed by atoms with E-state index in [-0.39, 0.29) is 0 Å². The summed E-state index contributed by atoms with van der Waals surface area (Å²) in [6, 6.07) is 8.29. The van der Waals surface area contributed by atoms with E-state index in [1.807, 2.05) is 24.3 Å². The molecule has 0 amide bonds. The van der Waals surface area contributed by atoms with Gasteiger partial charge in [0.25, 0.3) is 0 Å². The summed E-state index contributed by atoms with van der Waals surface area (Å²) in [6.45, 7) is 0.702. The normalized spacial score (nSPS) is 19.2. The Morgan fingerprint density at radius 2 is 1.72 bits per heavy atom. The number of halogens is 1. The summed E-state index contributed by atoms with van der Waals surface area (Å²) in [5.74, 6) is 0.716. The van der Waals surface area contributed by atoms with Gasteiger partial charge in [0, 0.05) is 23.3 Å². The summed E-state index contributed by atoms with van der Waals surface area (Å²) >= 11 is 5.90. The Hall–Kier alpha value is -0.730. The Kier molecular flexibility index (Phi) is 5.33. The largest absolute Gasteiger partial charge is 0.381 e. The fourth-order valence-electron chi connectivity index (χ4n) is 2.84. The molecule has 1 aliphatic carbocycles. The van der Waals surface area contributed by atoms with E-state index in [2.05, 4.69) is 5.32 Å². The van der Waals surface area contributed by atoms with Gasteiger partial charge < -0.3 is 11.1 Å². The van der Waals surface area contributed by atoms with E-state index in [1.54, 1.807) is 0 Å². The van der Waals surface area contributed by atoms with E-state index in [1.165, 1.54) is 38.5 Å². The van der Waals surface area contributed by atoms with Crippen molar-refractivity contribution in [2.75, 3.05) is 11.9 Å². The summed E-state index contributed by atoms with van der Waals surface area (Å²) < 4.78 is 0. The van der Waals surface area contributed by atoms with Crippen molar-refractivity contribution >= 4 is 17.3 Å². The molecule has 1 aromatic rings. The van der Waals surface area contributed by atoms with Crippen LogP contribution in [0.5, 0.6) is 0 Å². The van der Waals surface area contributed by atoms with Gasteiger partial charge >= 0.3 is 0 Å². The van der Waals surface area contributed by atoms with E-state index in [0.29, 0.717) is 18.5 Å². The van der Waals surface area contributed by atoms with Crippen LogP contribution in [0.25, 0.3) is 0 Å². The number of benzene rings is 1. The first kappa shape index (κ1) is 13.7. The predicted molar refractivity (Wildman–Crippen MR) is 79.1 cm³/mol. The molecule has 0 radical (unpaired) electrons. The van der Waals surface area contributed by atoms with Crippen LogP contribution in [0.3, 0.4) is 0 Å². The number of hydrogen-bond donors (Lipinski definition) is 2. The molecule has 1 aliphatic rings. The van der Waals surface area contributed by atoms with Crippen LogP contribution in [0.4, 0.5) is 5.69 Å². The van der Waals surface area contributed by atoms with Gasteiger partial charge in [0.05, 0.1) is 0 Å². The van der Waals surface area contributed by atoms with Crippen molar-refractivity contribution in [3.05, 3.63) is 29.3 Å². The minimum atomic E-state index is 0.393. The van der Waals surface area contributed by atoms with Crippen LogP contribution in [0.15, 0.2) is 24.3 Å². The van der Waals surface area contributed by atoms with Crippen LogP contribution >= 0.6 is 11.6 Å². The summed E-state index contributed by atoms with van der Waals surface area (Å²) in [5, 5.41) is 4.35. The van der Waals surface area contributed by atoms with Crippen LogP contribution in [-0.4, -0.2) is 12.6 Å². The van der Waals surface area contributed by atoms with E-state index in [9.17, 15) is 0 Å². The highest BCUT2D eigenvalue weighted by Crippen LogP contribution is 2.27. The van der Waals surface area contributed by atoms with Crippen molar-refractivity contribution in [1.29, 1.82) is 0 Å². The van der Waals surface area contributed by atoms with Crippen LogP contribution in [-0.2, 0) is 0 Å². The first-order chi connectivity index (χ1) is 8.79. The lowest BCUT2D eigenvalue weighted by Gasteiger charge is -2.27. The zero-order valence-electron chi connectivity index (χ0n) is 10.9. The Balaban J connectivity index is 1.97. The van der Waals surface area contributed by atoms with Gasteiger partial charge in [-0.2, -0.15) is 0 Å². The van der Waals surface area contributed by atoms with Crippen molar-refractivity contribution < 1.29 is 0 Å². The second-order valence-corrected chi connectivity index (χ2v) is 5.68. The molecule has 2 nitrogen and oxygen atoms in total. The summed E-state index contributed by atoms with van der Waals surface area (Å²) in [5.41, 5.74) is 7.07. The quantitative estimate of drug-likeness (QED) is 0.807. The third kappa shape index (κ3) is 3.89. The van der Waals surface area contributed by atoms with Gasteiger partial charge in [-0.15, -0.1) is 0 Å². The molecule has 0 aliphatic heterocycles. The third-order valence-electron chi connectivity index (χ3n) is 3.92. The zero-order valence-corrected chi connectivity index (χ0v) is 11.6. The molecular weight excluding hydrogens is 244 g/mol. The van der Waals surface area contributed by atoms with Crippen LogP contribution in [0, 0.1) is 5.92 Å². The average Bonchev–Trinajstić information content (AvgIpc) is 2.67. The standard InChI is InChI=1S/C15H23ClN2/c16-13-7-9-14(10-8-13)18-15(11-17)12-5-3-1-2-4-6-12/h7-10,12,15,18H,1-6,11,17H2. The molecular formula is C15H23ClN2. The van der Waals surface area contributed by atoms with Gasteiger partial charge in [0.15, 0.2) is 0 Å². The number of rotatable bonds is 4. The SMILES string of the molecule is NCC(Nc1ccc(Cl)cc1)C1CCCCCC1. The molecule has 3 N–H and O–H groups in total. The lowest BCUT2D eigenvalue weighted by atomic mass is 9.91. The van der Waals surface area contributed by atoms with Crippen molar-refractivity contribution in [3.63, 3.8) is 0 Å². The number of hydrogen-bond acceptors (Lipinski definition) is 2. The lowest BCUT2D eigenvalue weighted by molar-refractivity contribution is 0.398. The van der Waals surface area contributed by atoms with Crippen molar-refractivity contribution in [2.24, 2.45) is 11.7 Å². The average molecular weight is 267 g/mol. The maximum absolute atomic E-state index is 5.94. The number of nitrogens with two attached hydrogens (primary N) is 1. The Morgan fingerprint density at radius 1 is 1.11 bits per heavy atom. The topological polar surface area (TPSA) is 38.0 Å². The molecule has 0 bridgehead atoms. The molecule has 18 heavy (non-hydrogen) atoms. The smallest absolute Gasteiger partial charge is 0.0411 e. The molecule has 0 spiro atoms. The fraction of sp³-hybridized carbons (Fsp3) is 0.600. The second-order valence-electron chi connectivity index (χ2n) is 5.25. The molecule has 3 heteroatoms. The highest BCUT2D eigenvalue weighted by molar-refractivity contribution is 6.30. The highest BCUT2D eigenvalue weighted by Gasteiger charge is 2.21. The Bertz CT molecular complexity index is 342. The fourth-order valence-corrected chi connectivity index (χ4v) is 2.97.